The van der Waals surface area contributed by atoms with Crippen molar-refractivity contribution in [3.05, 3.63) is 59.7 Å². The molecule has 1 aliphatic rings. The van der Waals surface area contributed by atoms with Crippen molar-refractivity contribution in [1.29, 1.82) is 0 Å². The molecule has 3 nitrogen and oxygen atoms in total. The number of hydrogen-bond donors (Lipinski definition) is 2. The van der Waals surface area contributed by atoms with E-state index in [1.807, 2.05) is 30.3 Å². The van der Waals surface area contributed by atoms with Crippen LogP contribution in [0.1, 0.15) is 17.0 Å². The highest BCUT2D eigenvalue weighted by molar-refractivity contribution is 5.98. The van der Waals surface area contributed by atoms with Crippen LogP contribution in [-0.4, -0.2) is 5.91 Å². The van der Waals surface area contributed by atoms with E-state index >= 15 is 0 Å². The van der Waals surface area contributed by atoms with Crippen LogP contribution in [0.5, 0.6) is 0 Å². The van der Waals surface area contributed by atoms with Gasteiger partial charge < -0.3 is 11.1 Å². The van der Waals surface area contributed by atoms with Gasteiger partial charge in [0.1, 0.15) is 0 Å². The fraction of sp³-hybridized carbons (Fsp3) is 0.133. The molecule has 3 rings (SSSR count). The zero-order chi connectivity index (χ0) is 12.5. The van der Waals surface area contributed by atoms with Gasteiger partial charge in [-0.2, -0.15) is 0 Å². The summed E-state index contributed by atoms with van der Waals surface area (Å²) in [5.74, 6) is 0.0157. The molecule has 2 aromatic carbocycles. The van der Waals surface area contributed by atoms with Crippen LogP contribution in [0.4, 0.5) is 11.4 Å². The summed E-state index contributed by atoms with van der Waals surface area (Å²) >= 11 is 0. The molecule has 18 heavy (non-hydrogen) atoms. The van der Waals surface area contributed by atoms with E-state index in [1.165, 1.54) is 5.56 Å². The van der Waals surface area contributed by atoms with Crippen molar-refractivity contribution in [2.75, 3.05) is 11.1 Å². The van der Waals surface area contributed by atoms with E-state index in [0.29, 0.717) is 5.69 Å². The van der Waals surface area contributed by atoms with Crippen molar-refractivity contribution in [2.45, 2.75) is 12.3 Å². The molecule has 0 saturated carbocycles. The predicted octanol–water partition coefficient (Wildman–Crippen LogP) is 2.55. The monoisotopic (exact) mass is 238 g/mol. The Balaban J connectivity index is 1.75. The molecule has 1 atom stereocenters. The standard InChI is InChI=1S/C15H14N2O/c16-11-5-3-6-12(9-11)17-15(18)14-8-10-4-1-2-7-13(10)14/h1-7,9,14H,8,16H2,(H,17,18). The molecule has 1 aliphatic carbocycles. The summed E-state index contributed by atoms with van der Waals surface area (Å²) in [5.41, 5.74) is 9.50. The Labute approximate surface area is 106 Å². The van der Waals surface area contributed by atoms with Crippen LogP contribution in [0, 0.1) is 0 Å². The number of rotatable bonds is 2. The highest BCUT2D eigenvalue weighted by Crippen LogP contribution is 2.35. The highest BCUT2D eigenvalue weighted by Gasteiger charge is 2.31. The summed E-state index contributed by atoms with van der Waals surface area (Å²) in [6.07, 6.45) is 0.824. The lowest BCUT2D eigenvalue weighted by Gasteiger charge is -2.28. The van der Waals surface area contributed by atoms with Gasteiger partial charge >= 0.3 is 0 Å². The molecule has 90 valence electrons. The summed E-state index contributed by atoms with van der Waals surface area (Å²) in [6.45, 7) is 0. The minimum absolute atomic E-state index is 0.0253. The Morgan fingerprint density at radius 3 is 2.78 bits per heavy atom. The van der Waals surface area contributed by atoms with Crippen LogP contribution in [0.15, 0.2) is 48.5 Å². The largest absolute Gasteiger partial charge is 0.399 e. The molecule has 3 heteroatoms. The van der Waals surface area contributed by atoms with Gasteiger partial charge in [-0.1, -0.05) is 30.3 Å². The Bertz CT molecular complexity index is 607. The highest BCUT2D eigenvalue weighted by atomic mass is 16.1. The maximum Gasteiger partial charge on any atom is 0.232 e. The lowest BCUT2D eigenvalue weighted by atomic mass is 9.77. The number of fused-ring (bicyclic) bond motifs is 1. The van der Waals surface area contributed by atoms with E-state index in [1.54, 1.807) is 12.1 Å². The first kappa shape index (κ1) is 10.8. The molecular weight excluding hydrogens is 224 g/mol. The fourth-order valence-corrected chi connectivity index (χ4v) is 2.34. The van der Waals surface area contributed by atoms with Gasteiger partial charge in [0, 0.05) is 11.4 Å². The van der Waals surface area contributed by atoms with Crippen LogP contribution in [-0.2, 0) is 11.2 Å². The van der Waals surface area contributed by atoms with E-state index in [2.05, 4.69) is 11.4 Å². The first-order valence-corrected chi connectivity index (χ1v) is 5.98. The predicted molar refractivity (Wildman–Crippen MR) is 72.4 cm³/mol. The first-order valence-electron chi connectivity index (χ1n) is 5.98. The van der Waals surface area contributed by atoms with Gasteiger partial charge in [0.2, 0.25) is 5.91 Å². The summed E-state index contributed by atoms with van der Waals surface area (Å²) in [6, 6.07) is 15.3. The van der Waals surface area contributed by atoms with E-state index in [0.717, 1.165) is 17.7 Å². The SMILES string of the molecule is Nc1cccc(NC(=O)C2Cc3ccccc32)c1. The number of anilines is 2. The average Bonchev–Trinajstić information content (AvgIpc) is 2.30. The Morgan fingerprint density at radius 1 is 1.17 bits per heavy atom. The van der Waals surface area contributed by atoms with Gasteiger partial charge in [0.05, 0.1) is 5.92 Å². The number of carbonyl (C=O) groups is 1. The molecule has 0 aliphatic heterocycles. The fourth-order valence-electron chi connectivity index (χ4n) is 2.34. The van der Waals surface area contributed by atoms with Crippen molar-refractivity contribution in [3.63, 3.8) is 0 Å². The van der Waals surface area contributed by atoms with Crippen LogP contribution in [0.25, 0.3) is 0 Å². The van der Waals surface area contributed by atoms with Gasteiger partial charge in [-0.05, 0) is 35.7 Å². The van der Waals surface area contributed by atoms with Crippen molar-refractivity contribution >= 4 is 17.3 Å². The van der Waals surface area contributed by atoms with Crippen LogP contribution < -0.4 is 11.1 Å². The Morgan fingerprint density at radius 2 is 2.00 bits per heavy atom. The summed E-state index contributed by atoms with van der Waals surface area (Å²) in [5, 5.41) is 2.91. The maximum absolute atomic E-state index is 12.1. The van der Waals surface area contributed by atoms with Gasteiger partial charge in [0.15, 0.2) is 0 Å². The van der Waals surface area contributed by atoms with E-state index in [-0.39, 0.29) is 11.8 Å². The first-order chi connectivity index (χ1) is 8.74. The molecule has 2 aromatic rings. The van der Waals surface area contributed by atoms with E-state index in [9.17, 15) is 4.79 Å². The zero-order valence-electron chi connectivity index (χ0n) is 9.89. The quantitative estimate of drug-likeness (QED) is 0.790. The number of nitrogen functional groups attached to an aromatic ring is 1. The van der Waals surface area contributed by atoms with Crippen molar-refractivity contribution in [3.8, 4) is 0 Å². The van der Waals surface area contributed by atoms with Crippen molar-refractivity contribution < 1.29 is 4.79 Å². The van der Waals surface area contributed by atoms with Gasteiger partial charge in [-0.25, -0.2) is 0 Å². The number of nitrogens with one attached hydrogen (secondary N) is 1. The molecule has 0 saturated heterocycles. The number of hydrogen-bond acceptors (Lipinski definition) is 2. The minimum Gasteiger partial charge on any atom is -0.399 e. The lowest BCUT2D eigenvalue weighted by molar-refractivity contribution is -0.118. The second kappa shape index (κ2) is 4.18. The van der Waals surface area contributed by atoms with Crippen LogP contribution in [0.3, 0.4) is 0 Å². The topological polar surface area (TPSA) is 55.1 Å². The number of amides is 1. The molecule has 3 N–H and O–H groups in total. The van der Waals surface area contributed by atoms with Crippen LogP contribution in [0.2, 0.25) is 0 Å². The number of benzene rings is 2. The number of nitrogens with two attached hydrogens (primary N) is 1. The second-order valence-corrected chi connectivity index (χ2v) is 4.57. The maximum atomic E-state index is 12.1. The summed E-state index contributed by atoms with van der Waals surface area (Å²) < 4.78 is 0. The minimum atomic E-state index is -0.0253. The van der Waals surface area contributed by atoms with Crippen molar-refractivity contribution in [1.82, 2.24) is 0 Å². The second-order valence-electron chi connectivity index (χ2n) is 4.57. The molecule has 1 amide bonds. The molecule has 0 fully saturated rings. The third kappa shape index (κ3) is 1.84. The van der Waals surface area contributed by atoms with Crippen molar-refractivity contribution in [2.24, 2.45) is 0 Å². The van der Waals surface area contributed by atoms with Gasteiger partial charge in [-0.15, -0.1) is 0 Å². The lowest BCUT2D eigenvalue weighted by Crippen LogP contribution is -2.30. The molecule has 0 radical (unpaired) electrons. The summed E-state index contributed by atoms with van der Waals surface area (Å²) in [7, 11) is 0. The molecule has 0 heterocycles. The molecule has 1 unspecified atom stereocenters. The summed E-state index contributed by atoms with van der Waals surface area (Å²) in [4.78, 5) is 12.1. The third-order valence-corrected chi connectivity index (χ3v) is 3.33. The Kier molecular flexibility index (Phi) is 2.52. The number of carbonyl (C=O) groups excluding carboxylic acids is 1. The van der Waals surface area contributed by atoms with Gasteiger partial charge in [-0.3, -0.25) is 4.79 Å². The molecule has 0 spiro atoms. The normalized spacial score (nSPS) is 16.6. The molecular formula is C15H14N2O. The van der Waals surface area contributed by atoms with Gasteiger partial charge in [0.25, 0.3) is 0 Å². The zero-order valence-corrected chi connectivity index (χ0v) is 9.89. The molecule has 0 bridgehead atoms. The Hall–Kier alpha value is -2.29. The smallest absolute Gasteiger partial charge is 0.232 e. The third-order valence-electron chi connectivity index (χ3n) is 3.33. The van der Waals surface area contributed by atoms with E-state index in [4.69, 9.17) is 5.73 Å². The average molecular weight is 238 g/mol. The van der Waals surface area contributed by atoms with E-state index < -0.39 is 0 Å². The van der Waals surface area contributed by atoms with Crippen LogP contribution >= 0.6 is 0 Å². The molecule has 0 aromatic heterocycles.